The van der Waals surface area contributed by atoms with Gasteiger partial charge in [-0.05, 0) is 24.6 Å². The fourth-order valence-corrected chi connectivity index (χ4v) is 2.20. The molecule has 0 bridgehead atoms. The molecule has 2 aromatic rings. The van der Waals surface area contributed by atoms with Crippen LogP contribution in [0.25, 0.3) is 0 Å². The minimum absolute atomic E-state index is 0.0770. The van der Waals surface area contributed by atoms with E-state index in [1.54, 1.807) is 18.9 Å². The average Bonchev–Trinajstić information content (AvgIpc) is 2.86. The molecule has 1 heterocycles. The van der Waals surface area contributed by atoms with Crippen LogP contribution in [0.3, 0.4) is 0 Å². The van der Waals surface area contributed by atoms with Gasteiger partial charge in [-0.1, -0.05) is 30.3 Å². The largest absolute Gasteiger partial charge is 0.392 e. The predicted molar refractivity (Wildman–Crippen MR) is 78.6 cm³/mol. The summed E-state index contributed by atoms with van der Waals surface area (Å²) in [5, 5.41) is 9.37. The van der Waals surface area contributed by atoms with Crippen LogP contribution in [-0.2, 0) is 6.54 Å². The Morgan fingerprint density at radius 1 is 1.25 bits per heavy atom. The van der Waals surface area contributed by atoms with E-state index >= 15 is 0 Å². The highest BCUT2D eigenvalue weighted by Crippen LogP contribution is 2.10. The topological polar surface area (TPSA) is 45.5 Å². The van der Waals surface area contributed by atoms with Crippen molar-refractivity contribution in [2.24, 2.45) is 0 Å². The lowest BCUT2D eigenvalue weighted by atomic mass is 10.2. The van der Waals surface area contributed by atoms with Gasteiger partial charge >= 0.3 is 0 Å². The van der Waals surface area contributed by atoms with Crippen LogP contribution in [0.4, 0.5) is 0 Å². The SMILES string of the molecule is CC(O)CN(C)C(=O)c1cccn1Cc1ccccc1. The molecule has 1 atom stereocenters. The summed E-state index contributed by atoms with van der Waals surface area (Å²) >= 11 is 0. The van der Waals surface area contributed by atoms with Gasteiger partial charge in [0.2, 0.25) is 0 Å². The van der Waals surface area contributed by atoms with E-state index in [0.717, 1.165) is 5.56 Å². The van der Waals surface area contributed by atoms with Gasteiger partial charge in [0.05, 0.1) is 6.10 Å². The number of aromatic nitrogens is 1. The maximum atomic E-state index is 12.3. The molecule has 0 aliphatic rings. The van der Waals surface area contributed by atoms with E-state index in [9.17, 15) is 9.90 Å². The van der Waals surface area contributed by atoms with Gasteiger partial charge in [0.25, 0.3) is 5.91 Å². The minimum Gasteiger partial charge on any atom is -0.392 e. The molecule has 0 radical (unpaired) electrons. The van der Waals surface area contributed by atoms with Gasteiger partial charge in [-0.3, -0.25) is 4.79 Å². The number of likely N-dealkylation sites (N-methyl/N-ethyl adjacent to an activating group) is 1. The van der Waals surface area contributed by atoms with Gasteiger partial charge in [-0.15, -0.1) is 0 Å². The van der Waals surface area contributed by atoms with Crippen molar-refractivity contribution in [3.63, 3.8) is 0 Å². The van der Waals surface area contributed by atoms with Crippen LogP contribution in [0.5, 0.6) is 0 Å². The van der Waals surface area contributed by atoms with E-state index in [-0.39, 0.29) is 5.91 Å². The standard InChI is InChI=1S/C16H20N2O2/c1-13(19)11-17(2)16(20)15-9-6-10-18(15)12-14-7-4-3-5-8-14/h3-10,13,19H,11-12H2,1-2H3. The Balaban J connectivity index is 2.14. The van der Waals surface area contributed by atoms with Crippen LogP contribution in [0.2, 0.25) is 0 Å². The lowest BCUT2D eigenvalue weighted by molar-refractivity contribution is 0.0694. The molecule has 1 N–H and O–H groups in total. The maximum Gasteiger partial charge on any atom is 0.270 e. The number of aliphatic hydroxyl groups excluding tert-OH is 1. The maximum absolute atomic E-state index is 12.3. The summed E-state index contributed by atoms with van der Waals surface area (Å²) in [5.74, 6) is -0.0770. The normalized spacial score (nSPS) is 12.2. The summed E-state index contributed by atoms with van der Waals surface area (Å²) in [6.07, 6.45) is 1.37. The molecule has 2 rings (SSSR count). The Morgan fingerprint density at radius 3 is 2.60 bits per heavy atom. The summed E-state index contributed by atoms with van der Waals surface area (Å²) in [6.45, 7) is 2.67. The highest BCUT2D eigenvalue weighted by molar-refractivity contribution is 5.92. The average molecular weight is 272 g/mol. The number of amides is 1. The number of hydrogen-bond acceptors (Lipinski definition) is 2. The van der Waals surface area contributed by atoms with Gasteiger partial charge in [0.1, 0.15) is 5.69 Å². The van der Waals surface area contributed by atoms with E-state index in [0.29, 0.717) is 18.8 Å². The Morgan fingerprint density at radius 2 is 1.95 bits per heavy atom. The van der Waals surface area contributed by atoms with Gasteiger partial charge in [-0.2, -0.15) is 0 Å². The highest BCUT2D eigenvalue weighted by Gasteiger charge is 2.16. The van der Waals surface area contributed by atoms with E-state index in [2.05, 4.69) is 0 Å². The monoisotopic (exact) mass is 272 g/mol. The van der Waals surface area contributed by atoms with Crippen molar-refractivity contribution < 1.29 is 9.90 Å². The smallest absolute Gasteiger partial charge is 0.270 e. The van der Waals surface area contributed by atoms with E-state index in [4.69, 9.17) is 0 Å². The third kappa shape index (κ3) is 3.48. The molecule has 4 nitrogen and oxygen atoms in total. The molecule has 20 heavy (non-hydrogen) atoms. The molecule has 1 aromatic carbocycles. The number of aliphatic hydroxyl groups is 1. The fraction of sp³-hybridized carbons (Fsp3) is 0.312. The zero-order chi connectivity index (χ0) is 14.5. The van der Waals surface area contributed by atoms with E-state index in [1.165, 1.54) is 0 Å². The zero-order valence-electron chi connectivity index (χ0n) is 11.9. The molecule has 1 amide bonds. The van der Waals surface area contributed by atoms with Crippen molar-refractivity contribution in [1.29, 1.82) is 0 Å². The number of hydrogen-bond donors (Lipinski definition) is 1. The Labute approximate surface area is 119 Å². The van der Waals surface area contributed by atoms with Crippen LogP contribution in [-0.4, -0.2) is 40.2 Å². The Bertz CT molecular complexity index is 561. The molecule has 106 valence electrons. The molecule has 0 aliphatic heterocycles. The van der Waals surface area contributed by atoms with Crippen molar-refractivity contribution in [2.45, 2.75) is 19.6 Å². The van der Waals surface area contributed by atoms with Crippen molar-refractivity contribution in [2.75, 3.05) is 13.6 Å². The van der Waals surface area contributed by atoms with Crippen LogP contribution >= 0.6 is 0 Å². The van der Waals surface area contributed by atoms with Crippen molar-refractivity contribution >= 4 is 5.91 Å². The van der Waals surface area contributed by atoms with Crippen LogP contribution in [0.1, 0.15) is 23.0 Å². The van der Waals surface area contributed by atoms with Crippen molar-refractivity contribution in [1.82, 2.24) is 9.47 Å². The Kier molecular flexibility index (Phi) is 4.58. The molecule has 0 fully saturated rings. The van der Waals surface area contributed by atoms with Gasteiger partial charge in [0.15, 0.2) is 0 Å². The molecule has 0 aliphatic carbocycles. The molecule has 0 saturated carbocycles. The molecule has 0 spiro atoms. The molecular formula is C16H20N2O2. The first-order valence-electron chi connectivity index (χ1n) is 6.70. The fourth-order valence-electron chi connectivity index (χ4n) is 2.20. The van der Waals surface area contributed by atoms with Crippen molar-refractivity contribution in [3.05, 3.63) is 59.9 Å². The van der Waals surface area contributed by atoms with Crippen LogP contribution in [0, 0.1) is 0 Å². The molecule has 4 heteroatoms. The second kappa shape index (κ2) is 6.39. The minimum atomic E-state index is -0.526. The van der Waals surface area contributed by atoms with Gasteiger partial charge in [0, 0.05) is 26.3 Å². The summed E-state index contributed by atoms with van der Waals surface area (Å²) in [6, 6.07) is 13.7. The second-order valence-corrected chi connectivity index (χ2v) is 5.04. The Hall–Kier alpha value is -2.07. The summed E-state index contributed by atoms with van der Waals surface area (Å²) in [5.41, 5.74) is 1.79. The lowest BCUT2D eigenvalue weighted by Gasteiger charge is -2.19. The number of nitrogens with zero attached hydrogens (tertiary/aromatic N) is 2. The van der Waals surface area contributed by atoms with Crippen LogP contribution < -0.4 is 0 Å². The summed E-state index contributed by atoms with van der Waals surface area (Å²) in [7, 11) is 1.70. The molecular weight excluding hydrogens is 252 g/mol. The molecule has 0 saturated heterocycles. The zero-order valence-corrected chi connectivity index (χ0v) is 11.9. The van der Waals surface area contributed by atoms with E-state index in [1.807, 2.05) is 53.2 Å². The number of benzene rings is 1. The number of carbonyl (C=O) groups is 1. The lowest BCUT2D eigenvalue weighted by Crippen LogP contribution is -2.34. The molecule has 1 unspecified atom stereocenters. The first-order valence-corrected chi connectivity index (χ1v) is 6.70. The first-order chi connectivity index (χ1) is 9.58. The third-order valence-corrected chi connectivity index (χ3v) is 3.13. The number of rotatable bonds is 5. The quantitative estimate of drug-likeness (QED) is 0.904. The summed E-state index contributed by atoms with van der Waals surface area (Å²) in [4.78, 5) is 13.9. The first kappa shape index (κ1) is 14.3. The van der Waals surface area contributed by atoms with Gasteiger partial charge in [-0.25, -0.2) is 0 Å². The van der Waals surface area contributed by atoms with Gasteiger partial charge < -0.3 is 14.6 Å². The molecule has 1 aromatic heterocycles. The highest BCUT2D eigenvalue weighted by atomic mass is 16.3. The van der Waals surface area contributed by atoms with Crippen molar-refractivity contribution in [3.8, 4) is 0 Å². The summed E-state index contributed by atoms with van der Waals surface area (Å²) < 4.78 is 1.93. The second-order valence-electron chi connectivity index (χ2n) is 5.04. The predicted octanol–water partition coefficient (Wildman–Crippen LogP) is 1.99. The number of carbonyl (C=O) groups excluding carboxylic acids is 1. The van der Waals surface area contributed by atoms with Crippen LogP contribution in [0.15, 0.2) is 48.7 Å². The van der Waals surface area contributed by atoms with E-state index < -0.39 is 6.10 Å². The third-order valence-electron chi connectivity index (χ3n) is 3.13.